The summed E-state index contributed by atoms with van der Waals surface area (Å²) < 4.78 is 0. The van der Waals surface area contributed by atoms with E-state index in [1.165, 1.54) is 0 Å². The average Bonchev–Trinajstić information content (AvgIpc) is 2.34. The van der Waals surface area contributed by atoms with Crippen LogP contribution in [0.2, 0.25) is 0 Å². The zero-order valence-electron chi connectivity index (χ0n) is 9.90. The van der Waals surface area contributed by atoms with Crippen molar-refractivity contribution in [3.05, 3.63) is 35.9 Å². The molecule has 0 heterocycles. The van der Waals surface area contributed by atoms with Gasteiger partial charge in [0.25, 0.3) is 0 Å². The molecule has 1 atom stereocenters. The van der Waals surface area contributed by atoms with Gasteiger partial charge in [0.2, 0.25) is 0 Å². The Morgan fingerprint density at radius 2 is 2.06 bits per heavy atom. The second kappa shape index (κ2) is 7.01. The highest BCUT2D eigenvalue weighted by Gasteiger charge is 2.07. The molecule has 0 bridgehead atoms. The molecule has 0 aliphatic heterocycles. The summed E-state index contributed by atoms with van der Waals surface area (Å²) >= 11 is 0. The van der Waals surface area contributed by atoms with Gasteiger partial charge in [-0.2, -0.15) is 0 Å². The lowest BCUT2D eigenvalue weighted by Gasteiger charge is -2.13. The van der Waals surface area contributed by atoms with E-state index in [0.29, 0.717) is 6.42 Å². The van der Waals surface area contributed by atoms with Gasteiger partial charge in [-0.1, -0.05) is 43.7 Å². The van der Waals surface area contributed by atoms with Crippen LogP contribution < -0.4 is 5.48 Å². The number of carbonyl (C=O) groups is 1. The SMILES string of the molecule is CCCCC(=O)ONC(C)c1ccccc1. The Hall–Kier alpha value is -1.35. The molecule has 1 unspecified atom stereocenters. The van der Waals surface area contributed by atoms with E-state index in [-0.39, 0.29) is 12.0 Å². The van der Waals surface area contributed by atoms with Gasteiger partial charge in [0.1, 0.15) is 0 Å². The van der Waals surface area contributed by atoms with E-state index in [1.807, 2.05) is 44.2 Å². The third-order valence-electron chi connectivity index (χ3n) is 2.38. The smallest absolute Gasteiger partial charge is 0.324 e. The lowest BCUT2D eigenvalue weighted by Crippen LogP contribution is -2.23. The second-order valence-corrected chi connectivity index (χ2v) is 3.83. The molecule has 0 aliphatic carbocycles. The molecule has 3 heteroatoms. The Labute approximate surface area is 96.8 Å². The maximum Gasteiger partial charge on any atom is 0.324 e. The lowest BCUT2D eigenvalue weighted by atomic mass is 10.1. The van der Waals surface area contributed by atoms with E-state index in [1.54, 1.807) is 0 Å². The van der Waals surface area contributed by atoms with Crippen molar-refractivity contribution in [1.82, 2.24) is 5.48 Å². The summed E-state index contributed by atoms with van der Waals surface area (Å²) in [6.07, 6.45) is 2.36. The number of unbranched alkanes of at least 4 members (excludes halogenated alkanes) is 1. The molecule has 16 heavy (non-hydrogen) atoms. The Morgan fingerprint density at radius 1 is 1.38 bits per heavy atom. The molecule has 0 saturated heterocycles. The van der Waals surface area contributed by atoms with Gasteiger partial charge in [-0.25, -0.2) is 0 Å². The minimum Gasteiger partial charge on any atom is -0.370 e. The van der Waals surface area contributed by atoms with Crippen LogP contribution in [0.15, 0.2) is 30.3 Å². The highest BCUT2D eigenvalue weighted by Crippen LogP contribution is 2.11. The molecule has 0 aromatic heterocycles. The molecule has 0 fully saturated rings. The first-order chi connectivity index (χ1) is 7.74. The van der Waals surface area contributed by atoms with Crippen LogP contribution in [0.1, 0.15) is 44.7 Å². The van der Waals surface area contributed by atoms with Crippen LogP contribution >= 0.6 is 0 Å². The van der Waals surface area contributed by atoms with Crippen molar-refractivity contribution in [3.63, 3.8) is 0 Å². The van der Waals surface area contributed by atoms with Crippen molar-refractivity contribution < 1.29 is 9.63 Å². The molecule has 1 aromatic rings. The molecular weight excluding hydrogens is 202 g/mol. The summed E-state index contributed by atoms with van der Waals surface area (Å²) in [6.45, 7) is 4.01. The van der Waals surface area contributed by atoms with Crippen molar-refractivity contribution in [3.8, 4) is 0 Å². The number of hydroxylamine groups is 1. The van der Waals surface area contributed by atoms with Gasteiger partial charge >= 0.3 is 5.97 Å². The van der Waals surface area contributed by atoms with E-state index in [2.05, 4.69) is 5.48 Å². The van der Waals surface area contributed by atoms with Crippen LogP contribution in [-0.4, -0.2) is 5.97 Å². The fourth-order valence-electron chi connectivity index (χ4n) is 1.34. The van der Waals surface area contributed by atoms with Crippen LogP contribution in [0.5, 0.6) is 0 Å². The molecular formula is C13H19NO2. The third-order valence-corrected chi connectivity index (χ3v) is 2.38. The predicted molar refractivity (Wildman–Crippen MR) is 63.6 cm³/mol. The molecule has 0 saturated carbocycles. The van der Waals surface area contributed by atoms with Gasteiger partial charge in [0.05, 0.1) is 6.04 Å². The highest BCUT2D eigenvalue weighted by atomic mass is 16.7. The first-order valence-corrected chi connectivity index (χ1v) is 5.74. The average molecular weight is 221 g/mol. The Kier molecular flexibility index (Phi) is 5.57. The minimum absolute atomic E-state index is 0.0202. The van der Waals surface area contributed by atoms with E-state index in [0.717, 1.165) is 18.4 Å². The van der Waals surface area contributed by atoms with Crippen LogP contribution in [-0.2, 0) is 9.63 Å². The normalized spacial score (nSPS) is 12.1. The molecule has 0 amide bonds. The molecule has 1 rings (SSSR count). The van der Waals surface area contributed by atoms with Gasteiger partial charge in [0.15, 0.2) is 0 Å². The van der Waals surface area contributed by atoms with E-state index >= 15 is 0 Å². The van der Waals surface area contributed by atoms with Gasteiger partial charge in [0, 0.05) is 6.42 Å². The van der Waals surface area contributed by atoms with Gasteiger partial charge in [-0.15, -0.1) is 5.48 Å². The van der Waals surface area contributed by atoms with Crippen molar-refractivity contribution >= 4 is 5.97 Å². The first kappa shape index (κ1) is 12.7. The lowest BCUT2D eigenvalue weighted by molar-refractivity contribution is -0.153. The summed E-state index contributed by atoms with van der Waals surface area (Å²) in [5, 5.41) is 0. The zero-order chi connectivity index (χ0) is 11.8. The largest absolute Gasteiger partial charge is 0.370 e. The van der Waals surface area contributed by atoms with Crippen LogP contribution in [0.4, 0.5) is 0 Å². The van der Waals surface area contributed by atoms with E-state index in [9.17, 15) is 4.79 Å². The monoisotopic (exact) mass is 221 g/mol. The molecule has 0 aliphatic rings. The summed E-state index contributed by atoms with van der Waals surface area (Å²) in [5.74, 6) is -0.190. The zero-order valence-corrected chi connectivity index (χ0v) is 9.90. The van der Waals surface area contributed by atoms with Crippen molar-refractivity contribution in [1.29, 1.82) is 0 Å². The van der Waals surface area contributed by atoms with Crippen molar-refractivity contribution in [2.24, 2.45) is 0 Å². The summed E-state index contributed by atoms with van der Waals surface area (Å²) in [5.41, 5.74) is 3.86. The number of nitrogens with one attached hydrogen (secondary N) is 1. The minimum atomic E-state index is -0.190. The Bertz CT molecular complexity index is 311. The number of hydrogen-bond donors (Lipinski definition) is 1. The topological polar surface area (TPSA) is 38.3 Å². The van der Waals surface area contributed by atoms with E-state index in [4.69, 9.17) is 4.84 Å². The fraction of sp³-hybridized carbons (Fsp3) is 0.462. The first-order valence-electron chi connectivity index (χ1n) is 5.74. The highest BCUT2D eigenvalue weighted by molar-refractivity contribution is 5.68. The third kappa shape index (κ3) is 4.45. The number of hydrogen-bond acceptors (Lipinski definition) is 3. The summed E-state index contributed by atoms with van der Waals surface area (Å²) in [4.78, 5) is 16.2. The Balaban J connectivity index is 2.30. The molecule has 1 aromatic carbocycles. The maximum absolute atomic E-state index is 11.3. The van der Waals surface area contributed by atoms with Crippen molar-refractivity contribution in [2.75, 3.05) is 0 Å². The summed E-state index contributed by atoms with van der Waals surface area (Å²) in [7, 11) is 0. The number of rotatable bonds is 6. The summed E-state index contributed by atoms with van der Waals surface area (Å²) in [6, 6.07) is 9.91. The molecule has 1 N–H and O–H groups in total. The van der Waals surface area contributed by atoms with Crippen LogP contribution in [0.25, 0.3) is 0 Å². The molecule has 0 spiro atoms. The standard InChI is InChI=1S/C13H19NO2/c1-3-4-10-13(15)16-14-11(2)12-8-6-5-7-9-12/h5-9,11,14H,3-4,10H2,1-2H3. The van der Waals surface area contributed by atoms with E-state index < -0.39 is 0 Å². The fourth-order valence-corrected chi connectivity index (χ4v) is 1.34. The molecule has 88 valence electrons. The van der Waals surface area contributed by atoms with Gasteiger partial charge < -0.3 is 4.84 Å². The van der Waals surface area contributed by atoms with Gasteiger partial charge in [-0.05, 0) is 18.9 Å². The number of benzene rings is 1. The van der Waals surface area contributed by atoms with Gasteiger partial charge in [-0.3, -0.25) is 4.79 Å². The quantitative estimate of drug-likeness (QED) is 0.750. The second-order valence-electron chi connectivity index (χ2n) is 3.83. The Morgan fingerprint density at radius 3 is 2.69 bits per heavy atom. The molecule has 3 nitrogen and oxygen atoms in total. The van der Waals surface area contributed by atoms with Crippen LogP contribution in [0.3, 0.4) is 0 Å². The molecule has 0 radical (unpaired) electrons. The van der Waals surface area contributed by atoms with Crippen LogP contribution in [0, 0.1) is 0 Å². The van der Waals surface area contributed by atoms with Crippen molar-refractivity contribution in [2.45, 2.75) is 39.2 Å². The number of carbonyl (C=O) groups excluding carboxylic acids is 1. The maximum atomic E-state index is 11.3. The predicted octanol–water partition coefficient (Wildman–Crippen LogP) is 2.99.